The Bertz CT molecular complexity index is 686. The highest BCUT2D eigenvalue weighted by atomic mass is 32.2. The molecule has 1 unspecified atom stereocenters. The van der Waals surface area contributed by atoms with Crippen LogP contribution in [0, 0.1) is 5.82 Å². The molecule has 2 N–H and O–H groups in total. The Labute approximate surface area is 161 Å². The Morgan fingerprint density at radius 2 is 2.00 bits per heavy atom. The van der Waals surface area contributed by atoms with E-state index in [9.17, 15) is 14.0 Å². The smallest absolute Gasteiger partial charge is 0.246 e. The van der Waals surface area contributed by atoms with Gasteiger partial charge >= 0.3 is 0 Å². The third-order valence-electron chi connectivity index (χ3n) is 4.37. The Kier molecular flexibility index (Phi) is 6.44. The topological polar surface area (TPSA) is 64.7 Å². The minimum atomic E-state index is -0.337. The van der Waals surface area contributed by atoms with Gasteiger partial charge in [-0.3, -0.25) is 14.5 Å². The lowest BCUT2D eigenvalue weighted by atomic mass is 10.2. The lowest BCUT2D eigenvalue weighted by Crippen LogP contribution is -2.47. The third kappa shape index (κ3) is 5.15. The van der Waals surface area contributed by atoms with Gasteiger partial charge in [-0.2, -0.15) is 0 Å². The highest BCUT2D eigenvalue weighted by molar-refractivity contribution is 8.23. The maximum Gasteiger partial charge on any atom is 0.246 e. The van der Waals surface area contributed by atoms with Crippen molar-refractivity contribution in [3.8, 4) is 0 Å². The molecule has 26 heavy (non-hydrogen) atoms. The summed E-state index contributed by atoms with van der Waals surface area (Å²) in [4.78, 5) is 28.6. The molecule has 6 nitrogen and oxygen atoms in total. The second kappa shape index (κ2) is 8.79. The lowest BCUT2D eigenvalue weighted by molar-refractivity contribution is -0.132. The first-order valence-electron chi connectivity index (χ1n) is 8.51. The number of rotatable bonds is 4. The maximum absolute atomic E-state index is 12.9. The summed E-state index contributed by atoms with van der Waals surface area (Å²) in [5.41, 5.74) is 0.573. The quantitative estimate of drug-likeness (QED) is 0.748. The highest BCUT2D eigenvalue weighted by Crippen LogP contribution is 2.16. The van der Waals surface area contributed by atoms with E-state index in [-0.39, 0.29) is 30.2 Å². The Balaban J connectivity index is 1.47. The van der Waals surface area contributed by atoms with Crippen molar-refractivity contribution >= 4 is 45.8 Å². The van der Waals surface area contributed by atoms with Gasteiger partial charge in [-0.15, -0.1) is 0 Å². The number of carbonyl (C=O) groups is 2. The van der Waals surface area contributed by atoms with Gasteiger partial charge in [0.05, 0.1) is 6.54 Å². The van der Waals surface area contributed by atoms with E-state index in [1.54, 1.807) is 0 Å². The number of thioether (sulfide) groups is 1. The second-order valence-corrected chi connectivity index (χ2v) is 8.00. The molecule has 3 rings (SSSR count). The number of anilines is 1. The molecule has 2 heterocycles. The van der Waals surface area contributed by atoms with Crippen LogP contribution in [-0.2, 0) is 9.59 Å². The summed E-state index contributed by atoms with van der Waals surface area (Å²) in [6, 6.07) is 5.46. The zero-order chi connectivity index (χ0) is 18.5. The SMILES string of the molecule is O=C(CN1CCCN(C(=O)C2CSC(=S)N2)CC1)Nc1ccc(F)cc1. The summed E-state index contributed by atoms with van der Waals surface area (Å²) in [5, 5.41) is 5.81. The Hall–Kier alpha value is -1.71. The molecule has 2 saturated heterocycles. The zero-order valence-corrected chi connectivity index (χ0v) is 15.9. The summed E-state index contributed by atoms with van der Waals surface area (Å²) in [7, 11) is 0. The molecule has 1 atom stereocenters. The summed E-state index contributed by atoms with van der Waals surface area (Å²) < 4.78 is 13.6. The number of halogens is 1. The molecule has 0 radical (unpaired) electrons. The van der Waals surface area contributed by atoms with Crippen molar-refractivity contribution in [1.29, 1.82) is 0 Å². The fourth-order valence-corrected chi connectivity index (χ4v) is 4.14. The van der Waals surface area contributed by atoms with E-state index in [2.05, 4.69) is 10.6 Å². The summed E-state index contributed by atoms with van der Waals surface area (Å²) in [5.74, 6) is 0.277. The van der Waals surface area contributed by atoms with Crippen LogP contribution in [0.1, 0.15) is 6.42 Å². The standard InChI is InChI=1S/C17H21FN4O2S2/c18-12-2-4-13(5-3-12)19-15(23)10-21-6-1-7-22(9-8-21)16(24)14-11-26-17(25)20-14/h2-5,14H,1,6-11H2,(H,19,23)(H,20,25). The first-order chi connectivity index (χ1) is 12.5. The average molecular weight is 397 g/mol. The van der Waals surface area contributed by atoms with Crippen LogP contribution in [-0.4, -0.2) is 70.5 Å². The molecular weight excluding hydrogens is 375 g/mol. The Morgan fingerprint density at radius 1 is 1.23 bits per heavy atom. The number of carbonyl (C=O) groups excluding carboxylic acids is 2. The first kappa shape index (κ1) is 19.1. The van der Waals surface area contributed by atoms with Gasteiger partial charge in [0.1, 0.15) is 16.2 Å². The molecule has 1 aromatic rings. The van der Waals surface area contributed by atoms with E-state index >= 15 is 0 Å². The van der Waals surface area contributed by atoms with Crippen LogP contribution in [0.15, 0.2) is 24.3 Å². The maximum atomic E-state index is 12.9. The number of amides is 2. The number of nitrogens with zero attached hydrogens (tertiary/aromatic N) is 2. The number of benzene rings is 1. The summed E-state index contributed by atoms with van der Waals surface area (Å²) in [6.07, 6.45) is 0.819. The van der Waals surface area contributed by atoms with Crippen molar-refractivity contribution < 1.29 is 14.0 Å². The summed E-state index contributed by atoms with van der Waals surface area (Å²) >= 11 is 6.58. The molecule has 2 amide bonds. The molecule has 9 heteroatoms. The average Bonchev–Trinajstić information content (AvgIpc) is 2.92. The van der Waals surface area contributed by atoms with Crippen LogP contribution < -0.4 is 10.6 Å². The first-order valence-corrected chi connectivity index (χ1v) is 9.90. The van der Waals surface area contributed by atoms with Gasteiger partial charge < -0.3 is 15.5 Å². The number of hydrogen-bond donors (Lipinski definition) is 2. The molecule has 2 aliphatic rings. The van der Waals surface area contributed by atoms with Gasteiger partial charge in [0.25, 0.3) is 0 Å². The number of nitrogens with one attached hydrogen (secondary N) is 2. The van der Waals surface area contributed by atoms with Gasteiger partial charge in [0.2, 0.25) is 11.8 Å². The van der Waals surface area contributed by atoms with Crippen molar-refractivity contribution in [3.05, 3.63) is 30.1 Å². The van der Waals surface area contributed by atoms with E-state index in [1.807, 2.05) is 9.80 Å². The van der Waals surface area contributed by atoms with Crippen molar-refractivity contribution in [1.82, 2.24) is 15.1 Å². The monoisotopic (exact) mass is 396 g/mol. The molecule has 0 aliphatic carbocycles. The van der Waals surface area contributed by atoms with Crippen LogP contribution in [0.25, 0.3) is 0 Å². The summed E-state index contributed by atoms with van der Waals surface area (Å²) in [6.45, 7) is 2.93. The van der Waals surface area contributed by atoms with Crippen LogP contribution in [0.5, 0.6) is 0 Å². The third-order valence-corrected chi connectivity index (χ3v) is 5.72. The van der Waals surface area contributed by atoms with Crippen LogP contribution in [0.2, 0.25) is 0 Å². The van der Waals surface area contributed by atoms with Crippen molar-refractivity contribution in [3.63, 3.8) is 0 Å². The van der Waals surface area contributed by atoms with E-state index in [0.29, 0.717) is 35.4 Å². The number of thiocarbonyl (C=S) groups is 1. The van der Waals surface area contributed by atoms with E-state index in [1.165, 1.54) is 36.0 Å². The zero-order valence-electron chi connectivity index (χ0n) is 14.2. The van der Waals surface area contributed by atoms with Crippen LogP contribution in [0.4, 0.5) is 10.1 Å². The van der Waals surface area contributed by atoms with Gasteiger partial charge in [0.15, 0.2) is 0 Å². The molecule has 0 saturated carbocycles. The lowest BCUT2D eigenvalue weighted by Gasteiger charge is -2.24. The van der Waals surface area contributed by atoms with Gasteiger partial charge in [-0.05, 0) is 30.7 Å². The van der Waals surface area contributed by atoms with Crippen molar-refractivity contribution in [2.45, 2.75) is 12.5 Å². The molecule has 2 aliphatic heterocycles. The highest BCUT2D eigenvalue weighted by Gasteiger charge is 2.30. The molecule has 0 bridgehead atoms. The molecule has 140 valence electrons. The molecule has 0 spiro atoms. The molecule has 0 aromatic heterocycles. The van der Waals surface area contributed by atoms with E-state index < -0.39 is 0 Å². The largest absolute Gasteiger partial charge is 0.359 e. The van der Waals surface area contributed by atoms with E-state index in [0.717, 1.165) is 13.0 Å². The fraction of sp³-hybridized carbons (Fsp3) is 0.471. The van der Waals surface area contributed by atoms with Gasteiger partial charge in [0, 0.05) is 37.6 Å². The molecular formula is C17H21FN4O2S2. The predicted octanol–water partition coefficient (Wildman–Crippen LogP) is 1.29. The van der Waals surface area contributed by atoms with Crippen LogP contribution in [0.3, 0.4) is 0 Å². The van der Waals surface area contributed by atoms with Crippen LogP contribution >= 0.6 is 24.0 Å². The minimum absolute atomic E-state index is 0.0787. The van der Waals surface area contributed by atoms with Crippen molar-refractivity contribution in [2.24, 2.45) is 0 Å². The predicted molar refractivity (Wildman–Crippen MR) is 105 cm³/mol. The number of hydrogen-bond acceptors (Lipinski definition) is 5. The molecule has 1 aromatic carbocycles. The van der Waals surface area contributed by atoms with Gasteiger partial charge in [-0.1, -0.05) is 24.0 Å². The van der Waals surface area contributed by atoms with Crippen molar-refractivity contribution in [2.75, 3.05) is 43.8 Å². The minimum Gasteiger partial charge on any atom is -0.359 e. The Morgan fingerprint density at radius 3 is 2.69 bits per heavy atom. The fourth-order valence-electron chi connectivity index (χ4n) is 3.02. The second-order valence-electron chi connectivity index (χ2n) is 6.31. The van der Waals surface area contributed by atoms with E-state index in [4.69, 9.17) is 12.2 Å². The molecule has 2 fully saturated rings. The van der Waals surface area contributed by atoms with Gasteiger partial charge in [-0.25, -0.2) is 4.39 Å². The normalized spacial score (nSPS) is 21.2.